The van der Waals surface area contributed by atoms with E-state index in [2.05, 4.69) is 9.47 Å². The maximum Gasteiger partial charge on any atom is 0.586 e. The normalized spacial score (nSPS) is 17.1. The Labute approximate surface area is 208 Å². The van der Waals surface area contributed by atoms with Crippen molar-refractivity contribution in [1.29, 1.82) is 0 Å². The van der Waals surface area contributed by atoms with Crippen LogP contribution in [-0.2, 0) is 32.9 Å². The molecule has 0 radical (unpaired) electrons. The van der Waals surface area contributed by atoms with Gasteiger partial charge in [-0.1, -0.05) is 36.4 Å². The number of aromatic nitrogens is 1. The Morgan fingerprint density at radius 3 is 2.36 bits per heavy atom. The van der Waals surface area contributed by atoms with Gasteiger partial charge >= 0.3 is 6.29 Å². The molecule has 1 aliphatic carbocycles. The number of nitrogens with zero attached hydrogens (tertiary/aromatic N) is 1. The van der Waals surface area contributed by atoms with Crippen LogP contribution in [0.5, 0.6) is 11.5 Å². The molecule has 0 unspecified atom stereocenters. The SMILES string of the molecule is Cc1ccc(CC(=O)C2(c3ccc4c(c3)OC(F)(F)O4)CC2)nc1-c1ccc(CCS(C)(=O)=O)cc1. The summed E-state index contributed by atoms with van der Waals surface area (Å²) in [6.07, 6.45) is -0.650. The largest absolute Gasteiger partial charge is 0.586 e. The average Bonchev–Trinajstić information content (AvgIpc) is 3.56. The van der Waals surface area contributed by atoms with Crippen molar-refractivity contribution < 1.29 is 31.5 Å². The van der Waals surface area contributed by atoms with Crippen molar-refractivity contribution in [1.82, 2.24) is 4.98 Å². The van der Waals surface area contributed by atoms with Crippen molar-refractivity contribution in [2.24, 2.45) is 0 Å². The van der Waals surface area contributed by atoms with Crippen LogP contribution in [-0.4, -0.2) is 37.5 Å². The molecule has 5 rings (SSSR count). The second-order valence-corrected chi connectivity index (χ2v) is 11.8. The van der Waals surface area contributed by atoms with Gasteiger partial charge in [0.05, 0.1) is 16.9 Å². The number of sulfone groups is 1. The fourth-order valence-corrected chi connectivity index (χ4v) is 5.13. The van der Waals surface area contributed by atoms with Gasteiger partial charge in [-0.25, -0.2) is 8.42 Å². The van der Waals surface area contributed by atoms with E-state index in [4.69, 9.17) is 4.98 Å². The van der Waals surface area contributed by atoms with E-state index in [-0.39, 0.29) is 29.5 Å². The standard InChI is InChI=1S/C27H25F2NO5S/c1-17-3-9-21(30-25(17)19-6-4-18(5-7-19)11-14-36(2,32)33)16-24(31)26(12-13-26)20-8-10-22-23(15-20)35-27(28,29)34-22/h3-10,15H,11-14,16H2,1-2H3. The summed E-state index contributed by atoms with van der Waals surface area (Å²) >= 11 is 0. The topological polar surface area (TPSA) is 82.6 Å². The van der Waals surface area contributed by atoms with Gasteiger partial charge in [0, 0.05) is 23.9 Å². The number of hydrogen-bond acceptors (Lipinski definition) is 6. The molecular formula is C27H25F2NO5S. The Morgan fingerprint density at radius 1 is 1.00 bits per heavy atom. The Hall–Kier alpha value is -3.33. The molecule has 0 bridgehead atoms. The van der Waals surface area contributed by atoms with Crippen molar-refractivity contribution in [2.75, 3.05) is 12.0 Å². The van der Waals surface area contributed by atoms with Crippen LogP contribution >= 0.6 is 0 Å². The van der Waals surface area contributed by atoms with Gasteiger partial charge in [-0.05, 0) is 61.1 Å². The second-order valence-electron chi connectivity index (χ2n) is 9.56. The molecule has 1 saturated carbocycles. The second kappa shape index (κ2) is 8.65. The lowest BCUT2D eigenvalue weighted by atomic mass is 9.88. The predicted octanol–water partition coefficient (Wildman–Crippen LogP) is 4.81. The number of ketones is 1. The summed E-state index contributed by atoms with van der Waals surface area (Å²) in [4.78, 5) is 18.1. The maximum absolute atomic E-state index is 13.4. The lowest BCUT2D eigenvalue weighted by Gasteiger charge is -2.16. The molecule has 1 fully saturated rings. The highest BCUT2D eigenvalue weighted by Crippen LogP contribution is 2.52. The average molecular weight is 514 g/mol. The van der Waals surface area contributed by atoms with Crippen molar-refractivity contribution in [2.45, 2.75) is 44.3 Å². The molecule has 0 amide bonds. The minimum Gasteiger partial charge on any atom is -0.395 e. The summed E-state index contributed by atoms with van der Waals surface area (Å²) in [5.41, 5.74) is 4.04. The summed E-state index contributed by atoms with van der Waals surface area (Å²) < 4.78 is 58.7. The van der Waals surface area contributed by atoms with Gasteiger partial charge in [-0.2, -0.15) is 0 Å². The molecule has 6 nitrogen and oxygen atoms in total. The van der Waals surface area contributed by atoms with Gasteiger partial charge in [0.25, 0.3) is 0 Å². The first-order chi connectivity index (χ1) is 16.9. The number of alkyl halides is 2. The first-order valence-corrected chi connectivity index (χ1v) is 13.7. The summed E-state index contributed by atoms with van der Waals surface area (Å²) in [7, 11) is -3.03. The molecular weight excluding hydrogens is 488 g/mol. The molecule has 36 heavy (non-hydrogen) atoms. The number of carbonyl (C=O) groups excluding carboxylic acids is 1. The Bertz CT molecular complexity index is 1450. The third-order valence-corrected chi connectivity index (χ3v) is 7.67. The van der Waals surface area contributed by atoms with Crippen molar-refractivity contribution in [3.05, 3.63) is 77.0 Å². The number of fused-ring (bicyclic) bond motifs is 1. The molecule has 1 aromatic heterocycles. The number of benzene rings is 2. The molecule has 0 saturated heterocycles. The molecule has 0 atom stereocenters. The van der Waals surface area contributed by atoms with Crippen LogP contribution in [0.15, 0.2) is 54.6 Å². The zero-order chi connectivity index (χ0) is 25.7. The van der Waals surface area contributed by atoms with Crippen LogP contribution in [0, 0.1) is 6.92 Å². The number of Topliss-reactive ketones (excluding diaryl/α,β-unsaturated/α-hetero) is 1. The van der Waals surface area contributed by atoms with E-state index >= 15 is 0 Å². The number of ether oxygens (including phenoxy) is 2. The highest BCUT2D eigenvalue weighted by atomic mass is 32.2. The number of carbonyl (C=O) groups is 1. The molecule has 2 aromatic carbocycles. The van der Waals surface area contributed by atoms with Crippen LogP contribution < -0.4 is 9.47 Å². The third kappa shape index (κ3) is 4.97. The molecule has 2 aliphatic rings. The first kappa shape index (κ1) is 24.4. The van der Waals surface area contributed by atoms with E-state index in [0.717, 1.165) is 22.4 Å². The highest BCUT2D eigenvalue weighted by Gasteiger charge is 2.52. The Kier molecular flexibility index (Phi) is 5.86. The fraction of sp³-hybridized carbons (Fsp3) is 0.333. The number of halogens is 2. The quantitative estimate of drug-likeness (QED) is 0.430. The molecule has 0 spiro atoms. The zero-order valence-electron chi connectivity index (χ0n) is 19.9. The minimum atomic E-state index is -3.70. The number of rotatable bonds is 8. The third-order valence-electron chi connectivity index (χ3n) is 6.72. The van der Waals surface area contributed by atoms with Crippen LogP contribution in [0.3, 0.4) is 0 Å². The lowest BCUT2D eigenvalue weighted by molar-refractivity contribution is -0.286. The van der Waals surface area contributed by atoms with Gasteiger partial charge in [-0.3, -0.25) is 9.78 Å². The van der Waals surface area contributed by atoms with Crippen LogP contribution in [0.1, 0.15) is 35.2 Å². The fourth-order valence-electron chi connectivity index (χ4n) is 4.53. The van der Waals surface area contributed by atoms with E-state index in [9.17, 15) is 22.0 Å². The molecule has 3 aromatic rings. The zero-order valence-corrected chi connectivity index (χ0v) is 20.7. The molecule has 1 aliphatic heterocycles. The number of hydrogen-bond donors (Lipinski definition) is 0. The molecule has 9 heteroatoms. The van der Waals surface area contributed by atoms with Crippen LogP contribution in [0.4, 0.5) is 8.78 Å². The summed E-state index contributed by atoms with van der Waals surface area (Å²) in [5.74, 6) is -0.0348. The van der Waals surface area contributed by atoms with Crippen molar-refractivity contribution >= 4 is 15.6 Å². The van der Waals surface area contributed by atoms with Gasteiger partial charge in [0.15, 0.2) is 11.5 Å². The van der Waals surface area contributed by atoms with E-state index in [0.29, 0.717) is 30.5 Å². The van der Waals surface area contributed by atoms with Crippen molar-refractivity contribution in [3.63, 3.8) is 0 Å². The van der Waals surface area contributed by atoms with Crippen LogP contribution in [0.25, 0.3) is 11.3 Å². The Balaban J connectivity index is 1.33. The number of aryl methyl sites for hydroxylation is 2. The summed E-state index contributed by atoms with van der Waals surface area (Å²) in [5, 5.41) is 0. The number of pyridine rings is 1. The van der Waals surface area contributed by atoms with Gasteiger partial charge in [0.2, 0.25) is 0 Å². The maximum atomic E-state index is 13.4. The van der Waals surface area contributed by atoms with E-state index in [1.54, 1.807) is 6.07 Å². The smallest absolute Gasteiger partial charge is 0.395 e. The van der Waals surface area contributed by atoms with Gasteiger partial charge in [0.1, 0.15) is 15.6 Å². The lowest BCUT2D eigenvalue weighted by Crippen LogP contribution is -2.26. The van der Waals surface area contributed by atoms with Gasteiger partial charge in [-0.15, -0.1) is 8.78 Å². The summed E-state index contributed by atoms with van der Waals surface area (Å²) in [6.45, 7) is 1.94. The molecule has 0 N–H and O–H groups in total. The van der Waals surface area contributed by atoms with E-state index in [1.807, 2.05) is 43.3 Å². The van der Waals surface area contributed by atoms with Crippen molar-refractivity contribution in [3.8, 4) is 22.8 Å². The Morgan fingerprint density at radius 2 is 1.69 bits per heavy atom. The minimum absolute atomic E-state index is 0.0217. The van der Waals surface area contributed by atoms with E-state index < -0.39 is 21.5 Å². The first-order valence-electron chi connectivity index (χ1n) is 11.6. The van der Waals surface area contributed by atoms with Crippen LogP contribution in [0.2, 0.25) is 0 Å². The predicted molar refractivity (Wildman–Crippen MR) is 130 cm³/mol. The summed E-state index contributed by atoms with van der Waals surface area (Å²) in [6, 6.07) is 15.9. The van der Waals surface area contributed by atoms with E-state index in [1.165, 1.54) is 18.4 Å². The highest BCUT2D eigenvalue weighted by molar-refractivity contribution is 7.90. The molecule has 2 heterocycles. The molecule has 188 valence electrons. The monoisotopic (exact) mass is 513 g/mol. The van der Waals surface area contributed by atoms with Gasteiger partial charge < -0.3 is 9.47 Å².